The summed E-state index contributed by atoms with van der Waals surface area (Å²) in [5.41, 5.74) is 6.70. The van der Waals surface area contributed by atoms with Crippen LogP contribution in [0, 0.1) is 0 Å². The number of hydrogen-bond acceptors (Lipinski definition) is 3. The molecule has 0 bridgehead atoms. The number of aromatic nitrogens is 2. The lowest BCUT2D eigenvalue weighted by Gasteiger charge is -2.00. The van der Waals surface area contributed by atoms with Crippen molar-refractivity contribution in [3.05, 3.63) is 11.8 Å². The Hall–Kier alpha value is -0.640. The van der Waals surface area contributed by atoms with E-state index in [4.69, 9.17) is 5.73 Å². The Labute approximate surface area is 77.3 Å². The summed E-state index contributed by atoms with van der Waals surface area (Å²) in [7, 11) is 1.86. The van der Waals surface area contributed by atoms with Crippen molar-refractivity contribution >= 4 is 17.6 Å². The Bertz CT molecular complexity index is 235. The molecule has 1 rings (SSSR count). The fourth-order valence-electron chi connectivity index (χ4n) is 0.866. The molecule has 0 atom stereocenters. The number of nitrogens with zero attached hydrogens (tertiary/aromatic N) is 2. The van der Waals surface area contributed by atoms with Gasteiger partial charge < -0.3 is 5.73 Å². The van der Waals surface area contributed by atoms with E-state index in [2.05, 4.69) is 18.9 Å². The largest absolute Gasteiger partial charge is 0.384 e. The predicted molar refractivity (Wildman–Crippen MR) is 54.1 cm³/mol. The van der Waals surface area contributed by atoms with Crippen molar-refractivity contribution in [3.8, 4) is 0 Å². The SMILES string of the molecule is CC(C)SCc1cc(N)n(C)n1. The number of anilines is 1. The van der Waals surface area contributed by atoms with Gasteiger partial charge in [-0.3, -0.25) is 4.68 Å². The van der Waals surface area contributed by atoms with E-state index in [0.717, 1.165) is 17.3 Å². The number of hydrogen-bond donors (Lipinski definition) is 1. The van der Waals surface area contributed by atoms with Crippen molar-refractivity contribution < 1.29 is 0 Å². The average molecular weight is 185 g/mol. The number of rotatable bonds is 3. The molecule has 3 nitrogen and oxygen atoms in total. The molecule has 1 aromatic heterocycles. The van der Waals surface area contributed by atoms with Gasteiger partial charge in [-0.15, -0.1) is 0 Å². The molecule has 12 heavy (non-hydrogen) atoms. The zero-order valence-electron chi connectivity index (χ0n) is 7.74. The molecule has 0 fully saturated rings. The van der Waals surface area contributed by atoms with Gasteiger partial charge in [-0.25, -0.2) is 0 Å². The van der Waals surface area contributed by atoms with Crippen LogP contribution >= 0.6 is 11.8 Å². The van der Waals surface area contributed by atoms with Gasteiger partial charge in [0, 0.05) is 18.9 Å². The fourth-order valence-corrected chi connectivity index (χ4v) is 1.51. The van der Waals surface area contributed by atoms with E-state index in [1.54, 1.807) is 4.68 Å². The van der Waals surface area contributed by atoms with Crippen LogP contribution in [-0.2, 0) is 12.8 Å². The molecule has 0 aliphatic heterocycles. The van der Waals surface area contributed by atoms with E-state index in [1.807, 2.05) is 24.9 Å². The molecule has 0 radical (unpaired) electrons. The number of thioether (sulfide) groups is 1. The maximum atomic E-state index is 5.64. The second-order valence-corrected chi connectivity index (χ2v) is 4.61. The van der Waals surface area contributed by atoms with Crippen LogP contribution in [-0.4, -0.2) is 15.0 Å². The summed E-state index contributed by atoms with van der Waals surface area (Å²) in [6.07, 6.45) is 0. The summed E-state index contributed by atoms with van der Waals surface area (Å²) >= 11 is 1.87. The first-order valence-electron chi connectivity index (χ1n) is 3.99. The van der Waals surface area contributed by atoms with Crippen molar-refractivity contribution in [1.29, 1.82) is 0 Å². The molecule has 68 valence electrons. The molecule has 4 heteroatoms. The van der Waals surface area contributed by atoms with Crippen molar-refractivity contribution in [2.75, 3.05) is 5.73 Å². The van der Waals surface area contributed by atoms with Gasteiger partial charge in [0.15, 0.2) is 0 Å². The molecule has 2 N–H and O–H groups in total. The van der Waals surface area contributed by atoms with Crippen LogP contribution in [0.3, 0.4) is 0 Å². The summed E-state index contributed by atoms with van der Waals surface area (Å²) in [6, 6.07) is 1.93. The van der Waals surface area contributed by atoms with E-state index in [9.17, 15) is 0 Å². The van der Waals surface area contributed by atoms with E-state index < -0.39 is 0 Å². The summed E-state index contributed by atoms with van der Waals surface area (Å²) < 4.78 is 1.70. The standard InChI is InChI=1S/C8H15N3S/c1-6(2)12-5-7-4-8(9)11(3)10-7/h4,6H,5,9H2,1-3H3. The highest BCUT2D eigenvalue weighted by atomic mass is 32.2. The van der Waals surface area contributed by atoms with Gasteiger partial charge in [0.25, 0.3) is 0 Å². The smallest absolute Gasteiger partial charge is 0.121 e. The third-order valence-corrected chi connectivity index (χ3v) is 2.66. The minimum atomic E-state index is 0.647. The van der Waals surface area contributed by atoms with Crippen LogP contribution in [0.25, 0.3) is 0 Å². The van der Waals surface area contributed by atoms with Crippen LogP contribution in [0.4, 0.5) is 5.82 Å². The molecule has 0 unspecified atom stereocenters. The lowest BCUT2D eigenvalue weighted by Crippen LogP contribution is -1.97. The first-order valence-corrected chi connectivity index (χ1v) is 5.04. The van der Waals surface area contributed by atoms with Crippen LogP contribution in [0.2, 0.25) is 0 Å². The molecule has 0 spiro atoms. The molecule has 1 heterocycles. The van der Waals surface area contributed by atoms with E-state index in [-0.39, 0.29) is 0 Å². The van der Waals surface area contributed by atoms with E-state index in [1.165, 1.54) is 0 Å². The van der Waals surface area contributed by atoms with Crippen molar-refractivity contribution in [1.82, 2.24) is 9.78 Å². The van der Waals surface area contributed by atoms with Gasteiger partial charge in [-0.1, -0.05) is 13.8 Å². The summed E-state index contributed by atoms with van der Waals surface area (Å²) in [6.45, 7) is 4.36. The molecule has 0 saturated carbocycles. The Morgan fingerprint density at radius 1 is 1.67 bits per heavy atom. The Kier molecular flexibility index (Phi) is 3.03. The van der Waals surface area contributed by atoms with Gasteiger partial charge >= 0.3 is 0 Å². The molecular formula is C8H15N3S. The fraction of sp³-hybridized carbons (Fsp3) is 0.625. The molecule has 0 saturated heterocycles. The normalized spacial score (nSPS) is 11.0. The highest BCUT2D eigenvalue weighted by molar-refractivity contribution is 7.99. The van der Waals surface area contributed by atoms with Gasteiger partial charge in [0.05, 0.1) is 5.69 Å². The summed E-state index contributed by atoms with van der Waals surface area (Å²) in [5, 5.41) is 4.90. The Balaban J connectivity index is 2.53. The van der Waals surface area contributed by atoms with Crippen LogP contribution in [0.15, 0.2) is 6.07 Å². The highest BCUT2D eigenvalue weighted by Crippen LogP contribution is 2.17. The minimum absolute atomic E-state index is 0.647. The molecule has 0 aliphatic carbocycles. The quantitative estimate of drug-likeness (QED) is 0.778. The summed E-state index contributed by atoms with van der Waals surface area (Å²) in [5.74, 6) is 1.68. The van der Waals surface area contributed by atoms with E-state index in [0.29, 0.717) is 5.25 Å². The van der Waals surface area contributed by atoms with Gasteiger partial charge in [-0.05, 0) is 5.25 Å². The highest BCUT2D eigenvalue weighted by Gasteiger charge is 2.02. The first kappa shape index (κ1) is 9.45. The van der Waals surface area contributed by atoms with E-state index >= 15 is 0 Å². The van der Waals surface area contributed by atoms with Crippen molar-refractivity contribution in [2.24, 2.45) is 7.05 Å². The topological polar surface area (TPSA) is 43.8 Å². The zero-order chi connectivity index (χ0) is 9.14. The maximum Gasteiger partial charge on any atom is 0.121 e. The maximum absolute atomic E-state index is 5.64. The molecular weight excluding hydrogens is 170 g/mol. The summed E-state index contributed by atoms with van der Waals surface area (Å²) in [4.78, 5) is 0. The first-order chi connectivity index (χ1) is 5.59. The molecule has 0 aliphatic rings. The second-order valence-electron chi connectivity index (χ2n) is 3.04. The minimum Gasteiger partial charge on any atom is -0.384 e. The molecule has 0 aromatic carbocycles. The van der Waals surface area contributed by atoms with Gasteiger partial charge in [0.2, 0.25) is 0 Å². The van der Waals surface area contributed by atoms with Crippen molar-refractivity contribution in [2.45, 2.75) is 24.9 Å². The monoisotopic (exact) mass is 185 g/mol. The Morgan fingerprint density at radius 2 is 2.33 bits per heavy atom. The zero-order valence-corrected chi connectivity index (χ0v) is 8.56. The van der Waals surface area contributed by atoms with Crippen LogP contribution in [0.1, 0.15) is 19.5 Å². The number of nitrogens with two attached hydrogens (primary N) is 1. The van der Waals surface area contributed by atoms with Crippen LogP contribution in [0.5, 0.6) is 0 Å². The third kappa shape index (κ3) is 2.44. The lowest BCUT2D eigenvalue weighted by atomic mass is 10.5. The molecule has 0 amide bonds. The lowest BCUT2D eigenvalue weighted by molar-refractivity contribution is 0.765. The molecule has 1 aromatic rings. The van der Waals surface area contributed by atoms with Gasteiger partial charge in [0.1, 0.15) is 5.82 Å². The van der Waals surface area contributed by atoms with Gasteiger partial charge in [-0.2, -0.15) is 16.9 Å². The average Bonchev–Trinajstić information content (AvgIpc) is 2.28. The Morgan fingerprint density at radius 3 is 2.75 bits per heavy atom. The van der Waals surface area contributed by atoms with Crippen molar-refractivity contribution in [3.63, 3.8) is 0 Å². The number of aryl methyl sites for hydroxylation is 1. The second kappa shape index (κ2) is 3.85. The third-order valence-electron chi connectivity index (χ3n) is 1.53. The number of nitrogen functional groups attached to an aromatic ring is 1. The van der Waals surface area contributed by atoms with Crippen LogP contribution < -0.4 is 5.73 Å². The predicted octanol–water partition coefficient (Wildman–Crippen LogP) is 1.64.